The molecule has 1 amide bonds. The van der Waals surface area contributed by atoms with E-state index in [1.807, 2.05) is 32.0 Å². The maximum Gasteiger partial charge on any atom is 0.221 e. The number of hydrogen-bond donors (Lipinski definition) is 3. The molecule has 3 N–H and O–H groups in total. The van der Waals surface area contributed by atoms with Gasteiger partial charge in [0.05, 0.1) is 0 Å². The van der Waals surface area contributed by atoms with Gasteiger partial charge < -0.3 is 20.4 Å². The second-order valence-corrected chi connectivity index (χ2v) is 5.87. The van der Waals surface area contributed by atoms with Gasteiger partial charge in [-0.05, 0) is 26.3 Å². The summed E-state index contributed by atoms with van der Waals surface area (Å²) in [5.74, 6) is 1.60. The van der Waals surface area contributed by atoms with Crippen LogP contribution in [0.3, 0.4) is 0 Å². The van der Waals surface area contributed by atoms with Gasteiger partial charge in [0.15, 0.2) is 5.96 Å². The smallest absolute Gasteiger partial charge is 0.221 e. The third-order valence-electron chi connectivity index (χ3n) is 3.88. The lowest BCUT2D eigenvalue weighted by Crippen LogP contribution is -2.39. The largest absolute Gasteiger partial charge is 0.459 e. The normalized spacial score (nSPS) is 11.1. The third-order valence-corrected chi connectivity index (χ3v) is 3.88. The lowest BCUT2D eigenvalue weighted by Gasteiger charge is -2.11. The van der Waals surface area contributed by atoms with Crippen LogP contribution >= 0.6 is 24.0 Å². The fraction of sp³-hybridized carbons (Fsp3) is 0.474. The molecule has 0 aliphatic rings. The number of hydrogen-bond acceptors (Lipinski definition) is 3. The number of rotatable bonds is 8. The predicted molar refractivity (Wildman–Crippen MR) is 117 cm³/mol. The summed E-state index contributed by atoms with van der Waals surface area (Å²) < 4.78 is 5.89. The summed E-state index contributed by atoms with van der Waals surface area (Å²) in [6.45, 7) is 8.57. The van der Waals surface area contributed by atoms with Crippen LogP contribution in [-0.2, 0) is 11.3 Å². The van der Waals surface area contributed by atoms with Crippen LogP contribution in [0.5, 0.6) is 0 Å². The Morgan fingerprint density at radius 1 is 1.12 bits per heavy atom. The zero-order chi connectivity index (χ0) is 18.1. The molecule has 0 saturated carbocycles. The molecule has 0 aliphatic heterocycles. The minimum absolute atomic E-state index is 0. The van der Waals surface area contributed by atoms with Gasteiger partial charge in [0, 0.05) is 37.0 Å². The van der Waals surface area contributed by atoms with E-state index in [2.05, 4.69) is 33.9 Å². The standard InChI is InChI=1S/C19H28N4O2.HI/c1-4-11-21-18(24)10-12-22-19(20-5-2)23-13-17-14(3)15-8-6-7-9-16(15)25-17;/h6-9H,4-5,10-13H2,1-3H3,(H,21,24)(H2,20,22,23);1H. The highest BCUT2D eigenvalue weighted by Gasteiger charge is 2.09. The number of furan rings is 1. The number of benzene rings is 1. The van der Waals surface area contributed by atoms with Gasteiger partial charge in [-0.25, -0.2) is 4.99 Å². The highest BCUT2D eigenvalue weighted by molar-refractivity contribution is 14.0. The van der Waals surface area contributed by atoms with Crippen LogP contribution in [-0.4, -0.2) is 31.5 Å². The van der Waals surface area contributed by atoms with Crippen LogP contribution < -0.4 is 16.0 Å². The summed E-state index contributed by atoms with van der Waals surface area (Å²) in [4.78, 5) is 16.2. The highest BCUT2D eigenvalue weighted by atomic mass is 127. The van der Waals surface area contributed by atoms with Crippen molar-refractivity contribution in [2.75, 3.05) is 19.6 Å². The summed E-state index contributed by atoms with van der Waals surface area (Å²) in [6, 6.07) is 7.99. The predicted octanol–water partition coefficient (Wildman–Crippen LogP) is 3.33. The Balaban J connectivity index is 0.00000338. The van der Waals surface area contributed by atoms with E-state index in [0.29, 0.717) is 25.5 Å². The number of fused-ring (bicyclic) bond motifs is 1. The van der Waals surface area contributed by atoms with Crippen molar-refractivity contribution in [3.8, 4) is 0 Å². The van der Waals surface area contributed by atoms with Crippen LogP contribution in [0.25, 0.3) is 11.0 Å². The van der Waals surface area contributed by atoms with Crippen LogP contribution in [0.2, 0.25) is 0 Å². The van der Waals surface area contributed by atoms with E-state index >= 15 is 0 Å². The molecule has 1 aromatic carbocycles. The van der Waals surface area contributed by atoms with Crippen LogP contribution in [0.15, 0.2) is 33.7 Å². The van der Waals surface area contributed by atoms with E-state index in [0.717, 1.165) is 41.8 Å². The molecule has 144 valence electrons. The first-order valence-corrected chi connectivity index (χ1v) is 8.91. The summed E-state index contributed by atoms with van der Waals surface area (Å²) in [7, 11) is 0. The number of aliphatic imine (C=N–C) groups is 1. The Kier molecular flexibility index (Phi) is 10.1. The number of nitrogens with one attached hydrogen (secondary N) is 3. The van der Waals surface area contributed by atoms with Crippen molar-refractivity contribution in [3.63, 3.8) is 0 Å². The maximum atomic E-state index is 11.6. The number of amides is 1. The fourth-order valence-corrected chi connectivity index (χ4v) is 2.52. The molecule has 0 saturated heterocycles. The quantitative estimate of drug-likeness (QED) is 0.313. The lowest BCUT2D eigenvalue weighted by atomic mass is 10.1. The second kappa shape index (κ2) is 11.8. The zero-order valence-corrected chi connectivity index (χ0v) is 18.1. The average molecular weight is 472 g/mol. The summed E-state index contributed by atoms with van der Waals surface area (Å²) in [5, 5.41) is 10.4. The van der Waals surface area contributed by atoms with Crippen molar-refractivity contribution in [1.82, 2.24) is 16.0 Å². The molecule has 1 heterocycles. The molecular formula is C19H29IN4O2. The van der Waals surface area contributed by atoms with Crippen LogP contribution in [0, 0.1) is 6.92 Å². The monoisotopic (exact) mass is 472 g/mol. The SMILES string of the molecule is CCCNC(=O)CCNC(=NCc1oc2ccccc2c1C)NCC.I. The minimum atomic E-state index is 0. The van der Waals surface area contributed by atoms with E-state index < -0.39 is 0 Å². The number of halogens is 1. The van der Waals surface area contributed by atoms with Crippen LogP contribution in [0.1, 0.15) is 38.0 Å². The molecule has 6 nitrogen and oxygen atoms in total. The van der Waals surface area contributed by atoms with E-state index in [9.17, 15) is 4.79 Å². The van der Waals surface area contributed by atoms with E-state index in [1.54, 1.807) is 0 Å². The number of guanidine groups is 1. The van der Waals surface area contributed by atoms with Crippen molar-refractivity contribution in [2.24, 2.45) is 4.99 Å². The second-order valence-electron chi connectivity index (χ2n) is 5.87. The molecule has 0 atom stereocenters. The van der Waals surface area contributed by atoms with Crippen molar-refractivity contribution in [3.05, 3.63) is 35.6 Å². The molecule has 0 unspecified atom stereocenters. The first-order chi connectivity index (χ1) is 12.2. The minimum Gasteiger partial charge on any atom is -0.459 e. The van der Waals surface area contributed by atoms with Gasteiger partial charge in [-0.3, -0.25) is 4.79 Å². The van der Waals surface area contributed by atoms with Crippen molar-refractivity contribution in [1.29, 1.82) is 0 Å². The van der Waals surface area contributed by atoms with Gasteiger partial charge >= 0.3 is 0 Å². The first-order valence-electron chi connectivity index (χ1n) is 8.91. The van der Waals surface area contributed by atoms with E-state index in [1.165, 1.54) is 0 Å². The first kappa shape index (κ1) is 22.3. The van der Waals surface area contributed by atoms with Crippen molar-refractivity contribution >= 4 is 46.8 Å². The Morgan fingerprint density at radius 2 is 1.88 bits per heavy atom. The number of carbonyl (C=O) groups is 1. The Bertz CT molecular complexity index is 727. The van der Waals surface area contributed by atoms with Crippen molar-refractivity contribution in [2.45, 2.75) is 40.2 Å². The van der Waals surface area contributed by atoms with Crippen LogP contribution in [0.4, 0.5) is 0 Å². The molecule has 2 rings (SSSR count). The summed E-state index contributed by atoms with van der Waals surface area (Å²) in [5.41, 5.74) is 2.00. The van der Waals surface area contributed by atoms with Gasteiger partial charge in [-0.2, -0.15) is 0 Å². The Labute approximate surface area is 172 Å². The molecule has 1 aromatic heterocycles. The fourth-order valence-electron chi connectivity index (χ4n) is 2.52. The molecular weight excluding hydrogens is 443 g/mol. The molecule has 2 aromatic rings. The zero-order valence-electron chi connectivity index (χ0n) is 15.7. The summed E-state index contributed by atoms with van der Waals surface area (Å²) in [6.07, 6.45) is 1.37. The average Bonchev–Trinajstić information content (AvgIpc) is 2.94. The van der Waals surface area contributed by atoms with E-state index in [-0.39, 0.29) is 29.9 Å². The molecule has 0 bridgehead atoms. The Morgan fingerprint density at radius 3 is 2.58 bits per heavy atom. The highest BCUT2D eigenvalue weighted by Crippen LogP contribution is 2.25. The molecule has 0 spiro atoms. The summed E-state index contributed by atoms with van der Waals surface area (Å²) >= 11 is 0. The van der Waals surface area contributed by atoms with Gasteiger partial charge in [0.2, 0.25) is 5.91 Å². The number of aryl methyl sites for hydroxylation is 1. The topological polar surface area (TPSA) is 78.7 Å². The van der Waals surface area contributed by atoms with Gasteiger partial charge in [0.1, 0.15) is 17.9 Å². The number of nitrogens with zero attached hydrogens (tertiary/aromatic N) is 1. The van der Waals surface area contributed by atoms with Crippen molar-refractivity contribution < 1.29 is 9.21 Å². The number of para-hydroxylation sites is 1. The molecule has 0 aliphatic carbocycles. The molecule has 7 heteroatoms. The van der Waals surface area contributed by atoms with Gasteiger partial charge in [-0.1, -0.05) is 25.1 Å². The maximum absolute atomic E-state index is 11.6. The Hall–Kier alpha value is -1.77. The number of carbonyl (C=O) groups excluding carboxylic acids is 1. The van der Waals surface area contributed by atoms with Gasteiger partial charge in [-0.15, -0.1) is 24.0 Å². The third kappa shape index (κ3) is 6.51. The molecule has 26 heavy (non-hydrogen) atoms. The van der Waals surface area contributed by atoms with E-state index in [4.69, 9.17) is 4.42 Å². The lowest BCUT2D eigenvalue weighted by molar-refractivity contribution is -0.120. The molecule has 0 radical (unpaired) electrons. The molecule has 0 fully saturated rings. The van der Waals surface area contributed by atoms with Gasteiger partial charge in [0.25, 0.3) is 0 Å².